The molecule has 0 saturated carbocycles. The molecule has 1 N–H and O–H groups in total. The average Bonchev–Trinajstić information content (AvgIpc) is 2.79. The first kappa shape index (κ1) is 13.9. The van der Waals surface area contributed by atoms with Gasteiger partial charge in [-0.2, -0.15) is 0 Å². The summed E-state index contributed by atoms with van der Waals surface area (Å²) in [7, 11) is 0. The molecule has 1 aromatic rings. The van der Waals surface area contributed by atoms with Crippen LogP contribution in [0.5, 0.6) is 0 Å². The fourth-order valence-corrected chi connectivity index (χ4v) is 2.47. The van der Waals surface area contributed by atoms with Crippen molar-refractivity contribution >= 4 is 6.09 Å². The smallest absolute Gasteiger partial charge is 0.410 e. The number of benzene rings is 1. The first-order valence-corrected chi connectivity index (χ1v) is 6.84. The summed E-state index contributed by atoms with van der Waals surface area (Å²) >= 11 is 0. The van der Waals surface area contributed by atoms with Gasteiger partial charge in [-0.1, -0.05) is 43.7 Å². The zero-order chi connectivity index (χ0) is 13.7. The quantitative estimate of drug-likeness (QED) is 0.907. The number of rotatable bonds is 4. The van der Waals surface area contributed by atoms with Gasteiger partial charge in [-0.05, 0) is 12.0 Å². The Labute approximate surface area is 114 Å². The van der Waals surface area contributed by atoms with Crippen LogP contribution in [0, 0.1) is 5.92 Å². The van der Waals surface area contributed by atoms with Crippen molar-refractivity contribution in [3.05, 3.63) is 35.9 Å². The van der Waals surface area contributed by atoms with Crippen molar-refractivity contribution in [1.29, 1.82) is 0 Å². The molecule has 0 unspecified atom stereocenters. The minimum atomic E-state index is -0.413. The Morgan fingerprint density at radius 3 is 2.79 bits per heavy atom. The predicted molar refractivity (Wildman–Crippen MR) is 72.6 cm³/mol. The zero-order valence-corrected chi connectivity index (χ0v) is 11.3. The largest absolute Gasteiger partial charge is 0.445 e. The molecule has 4 heteroatoms. The number of hydrogen-bond donors (Lipinski definition) is 1. The van der Waals surface area contributed by atoms with Gasteiger partial charge in [0.1, 0.15) is 6.61 Å². The lowest BCUT2D eigenvalue weighted by molar-refractivity contribution is 0.0966. The topological polar surface area (TPSA) is 49.8 Å². The van der Waals surface area contributed by atoms with Crippen LogP contribution in [0.1, 0.15) is 25.3 Å². The van der Waals surface area contributed by atoms with Crippen LogP contribution in [0.3, 0.4) is 0 Å². The van der Waals surface area contributed by atoms with Gasteiger partial charge in [0.25, 0.3) is 0 Å². The third kappa shape index (κ3) is 3.70. The molecule has 0 radical (unpaired) electrons. The van der Waals surface area contributed by atoms with Crippen LogP contribution in [-0.2, 0) is 11.3 Å². The second kappa shape index (κ2) is 6.57. The van der Waals surface area contributed by atoms with Crippen molar-refractivity contribution in [1.82, 2.24) is 4.90 Å². The molecule has 2 rings (SSSR count). The van der Waals surface area contributed by atoms with Gasteiger partial charge in [-0.15, -0.1) is 0 Å². The molecule has 0 spiro atoms. The van der Waals surface area contributed by atoms with E-state index in [1.807, 2.05) is 30.3 Å². The first-order chi connectivity index (χ1) is 9.20. The Morgan fingerprint density at radius 2 is 2.11 bits per heavy atom. The van der Waals surface area contributed by atoms with E-state index < -0.39 is 6.10 Å². The van der Waals surface area contributed by atoms with E-state index in [4.69, 9.17) is 4.74 Å². The number of carbonyl (C=O) groups excluding carboxylic acids is 1. The summed E-state index contributed by atoms with van der Waals surface area (Å²) in [4.78, 5) is 13.5. The SMILES string of the molecule is CCC[C@H]1CN(C(=O)OCc2ccccc2)C[C@@H]1O. The molecule has 2 atom stereocenters. The highest BCUT2D eigenvalue weighted by Gasteiger charge is 2.33. The molecule has 1 saturated heterocycles. The number of ether oxygens (including phenoxy) is 1. The Bertz CT molecular complexity index is 407. The van der Waals surface area contributed by atoms with E-state index in [1.54, 1.807) is 4.90 Å². The maximum atomic E-state index is 11.9. The van der Waals surface area contributed by atoms with E-state index in [0.717, 1.165) is 18.4 Å². The highest BCUT2D eigenvalue weighted by molar-refractivity contribution is 5.68. The molecular formula is C15H21NO3. The highest BCUT2D eigenvalue weighted by atomic mass is 16.6. The van der Waals surface area contributed by atoms with E-state index in [2.05, 4.69) is 6.92 Å². The third-order valence-corrected chi connectivity index (χ3v) is 3.53. The number of nitrogens with zero attached hydrogens (tertiary/aromatic N) is 1. The number of amides is 1. The first-order valence-electron chi connectivity index (χ1n) is 6.84. The summed E-state index contributed by atoms with van der Waals surface area (Å²) in [5.74, 6) is 0.189. The molecule has 1 fully saturated rings. The van der Waals surface area contributed by atoms with Crippen LogP contribution in [-0.4, -0.2) is 35.3 Å². The van der Waals surface area contributed by atoms with E-state index in [1.165, 1.54) is 0 Å². The molecule has 0 aromatic heterocycles. The van der Waals surface area contributed by atoms with Crippen molar-refractivity contribution in [2.45, 2.75) is 32.5 Å². The molecule has 104 valence electrons. The van der Waals surface area contributed by atoms with Gasteiger partial charge in [-0.3, -0.25) is 0 Å². The van der Waals surface area contributed by atoms with Crippen molar-refractivity contribution < 1.29 is 14.6 Å². The molecule has 4 nitrogen and oxygen atoms in total. The van der Waals surface area contributed by atoms with E-state index in [0.29, 0.717) is 13.1 Å². The highest BCUT2D eigenvalue weighted by Crippen LogP contribution is 2.22. The lowest BCUT2D eigenvalue weighted by atomic mass is 10.0. The molecule has 1 aliphatic rings. The summed E-state index contributed by atoms with van der Waals surface area (Å²) in [5, 5.41) is 9.88. The fraction of sp³-hybridized carbons (Fsp3) is 0.533. The van der Waals surface area contributed by atoms with Gasteiger partial charge < -0.3 is 14.7 Å². The normalized spacial score (nSPS) is 22.5. The summed E-state index contributed by atoms with van der Waals surface area (Å²) < 4.78 is 5.26. The molecule has 0 aliphatic carbocycles. The Hall–Kier alpha value is -1.55. The van der Waals surface area contributed by atoms with Crippen molar-refractivity contribution in [3.63, 3.8) is 0 Å². The molecule has 19 heavy (non-hydrogen) atoms. The Morgan fingerprint density at radius 1 is 1.37 bits per heavy atom. The van der Waals surface area contributed by atoms with Crippen LogP contribution in [0.15, 0.2) is 30.3 Å². The molecule has 0 bridgehead atoms. The monoisotopic (exact) mass is 263 g/mol. The molecular weight excluding hydrogens is 242 g/mol. The van der Waals surface area contributed by atoms with Gasteiger partial charge in [0.15, 0.2) is 0 Å². The lowest BCUT2D eigenvalue weighted by Crippen LogP contribution is -2.30. The number of aliphatic hydroxyl groups excluding tert-OH is 1. The minimum Gasteiger partial charge on any atom is -0.445 e. The molecule has 1 aromatic carbocycles. The maximum Gasteiger partial charge on any atom is 0.410 e. The van der Waals surface area contributed by atoms with Crippen LogP contribution < -0.4 is 0 Å². The van der Waals surface area contributed by atoms with Gasteiger partial charge in [-0.25, -0.2) is 4.79 Å². The average molecular weight is 263 g/mol. The van der Waals surface area contributed by atoms with Crippen molar-refractivity contribution in [2.24, 2.45) is 5.92 Å². The van der Waals surface area contributed by atoms with Crippen molar-refractivity contribution in [2.75, 3.05) is 13.1 Å². The van der Waals surface area contributed by atoms with E-state index >= 15 is 0 Å². The fourth-order valence-electron chi connectivity index (χ4n) is 2.47. The van der Waals surface area contributed by atoms with E-state index in [-0.39, 0.29) is 18.6 Å². The zero-order valence-electron chi connectivity index (χ0n) is 11.3. The van der Waals surface area contributed by atoms with Crippen LogP contribution in [0.4, 0.5) is 4.79 Å². The van der Waals surface area contributed by atoms with Crippen LogP contribution >= 0.6 is 0 Å². The number of likely N-dealkylation sites (tertiary alicyclic amines) is 1. The third-order valence-electron chi connectivity index (χ3n) is 3.53. The minimum absolute atomic E-state index is 0.189. The second-order valence-electron chi connectivity index (χ2n) is 5.06. The van der Waals surface area contributed by atoms with Crippen LogP contribution in [0.25, 0.3) is 0 Å². The molecule has 1 amide bonds. The Balaban J connectivity index is 1.81. The number of β-amino-alcohol motifs (C(OH)–C–C–N with tert-alkyl or cyclic N) is 1. The van der Waals surface area contributed by atoms with Gasteiger partial charge in [0.05, 0.1) is 12.6 Å². The number of carbonyl (C=O) groups is 1. The summed E-state index contributed by atoms with van der Waals surface area (Å²) in [6.45, 7) is 3.36. The number of hydrogen-bond acceptors (Lipinski definition) is 3. The second-order valence-corrected chi connectivity index (χ2v) is 5.06. The van der Waals surface area contributed by atoms with Gasteiger partial charge in [0, 0.05) is 12.5 Å². The summed E-state index contributed by atoms with van der Waals surface area (Å²) in [6, 6.07) is 9.61. The summed E-state index contributed by atoms with van der Waals surface area (Å²) in [5.41, 5.74) is 0.973. The lowest BCUT2D eigenvalue weighted by Gasteiger charge is -2.15. The van der Waals surface area contributed by atoms with E-state index in [9.17, 15) is 9.90 Å². The van der Waals surface area contributed by atoms with Crippen LogP contribution in [0.2, 0.25) is 0 Å². The Kier molecular flexibility index (Phi) is 4.80. The maximum absolute atomic E-state index is 11.9. The number of aliphatic hydroxyl groups is 1. The summed E-state index contributed by atoms with van der Waals surface area (Å²) in [6.07, 6.45) is 1.23. The molecule has 1 heterocycles. The predicted octanol–water partition coefficient (Wildman–Crippen LogP) is 2.42. The van der Waals surface area contributed by atoms with Gasteiger partial charge in [0.2, 0.25) is 0 Å². The molecule has 1 aliphatic heterocycles. The van der Waals surface area contributed by atoms with Gasteiger partial charge >= 0.3 is 6.09 Å². The standard InChI is InChI=1S/C15H21NO3/c1-2-6-13-9-16(10-14(13)17)15(18)19-11-12-7-4-3-5-8-12/h3-5,7-8,13-14,17H,2,6,9-11H2,1H3/t13-,14-/m0/s1. The van der Waals surface area contributed by atoms with Crippen molar-refractivity contribution in [3.8, 4) is 0 Å².